The molecule has 1 aromatic rings. The minimum absolute atomic E-state index is 0.0104. The number of rotatable bonds is 3. The minimum atomic E-state index is -4.46. The minimum Gasteiger partial charge on any atom is -0.337 e. The highest BCUT2D eigenvalue weighted by molar-refractivity contribution is 6.00. The van der Waals surface area contributed by atoms with Gasteiger partial charge in [-0.15, -0.1) is 0 Å². The number of amides is 3. The third-order valence-electron chi connectivity index (χ3n) is 7.07. The van der Waals surface area contributed by atoms with E-state index in [9.17, 15) is 27.6 Å². The van der Waals surface area contributed by atoms with Gasteiger partial charge in [0.05, 0.1) is 24.7 Å². The number of carbonyl (C=O) groups is 3. The molecule has 1 aromatic carbocycles. The molecule has 0 radical (unpaired) electrons. The predicted molar refractivity (Wildman–Crippen MR) is 110 cm³/mol. The van der Waals surface area contributed by atoms with Crippen LogP contribution in [0.5, 0.6) is 0 Å². The first-order chi connectivity index (χ1) is 15.5. The summed E-state index contributed by atoms with van der Waals surface area (Å²) in [6, 6.07) is 6.66. The molecule has 2 heterocycles. The van der Waals surface area contributed by atoms with Gasteiger partial charge in [-0.05, 0) is 43.4 Å². The van der Waals surface area contributed by atoms with E-state index in [1.54, 1.807) is 4.90 Å². The molecule has 176 valence electrons. The summed E-state index contributed by atoms with van der Waals surface area (Å²) in [5.41, 5.74) is -1.52. The first-order valence-electron chi connectivity index (χ1n) is 11.0. The van der Waals surface area contributed by atoms with E-state index in [0.717, 1.165) is 12.1 Å². The monoisotopic (exact) mass is 462 g/mol. The molecule has 1 spiro atoms. The van der Waals surface area contributed by atoms with Crippen molar-refractivity contribution in [3.05, 3.63) is 35.4 Å². The summed E-state index contributed by atoms with van der Waals surface area (Å²) >= 11 is 0. The molecule has 0 aromatic heterocycles. The van der Waals surface area contributed by atoms with E-state index in [4.69, 9.17) is 5.26 Å². The number of hydrogen-bond acceptors (Lipinski definition) is 4. The fraction of sp³-hybridized carbons (Fsp3) is 0.565. The topological polar surface area (TPSA) is 84.7 Å². The maximum absolute atomic E-state index is 13.7. The first kappa shape index (κ1) is 23.1. The third-order valence-corrected chi connectivity index (χ3v) is 7.07. The number of piperazine rings is 1. The Bertz CT molecular complexity index is 988. The van der Waals surface area contributed by atoms with E-state index < -0.39 is 17.3 Å². The SMILES string of the molecule is CC(=O)N1CC2(C1)C(=O)N([C@H]1CC[C@@H](C#N)CC1)CC(=O)N2Cc1ccc(C(F)(F)F)cc1. The Morgan fingerprint density at radius 2 is 1.73 bits per heavy atom. The van der Waals surface area contributed by atoms with Crippen molar-refractivity contribution >= 4 is 17.7 Å². The van der Waals surface area contributed by atoms with Gasteiger partial charge in [0.25, 0.3) is 5.91 Å². The quantitative estimate of drug-likeness (QED) is 0.691. The summed E-state index contributed by atoms with van der Waals surface area (Å²) in [6.45, 7) is 1.41. The highest BCUT2D eigenvalue weighted by Gasteiger charge is 2.61. The van der Waals surface area contributed by atoms with E-state index in [1.165, 1.54) is 28.9 Å². The van der Waals surface area contributed by atoms with E-state index >= 15 is 0 Å². The van der Waals surface area contributed by atoms with Gasteiger partial charge in [-0.1, -0.05) is 12.1 Å². The van der Waals surface area contributed by atoms with Crippen molar-refractivity contribution in [3.8, 4) is 6.07 Å². The Hall–Kier alpha value is -3.09. The molecule has 3 aliphatic rings. The van der Waals surface area contributed by atoms with Crippen LogP contribution in [-0.2, 0) is 27.1 Å². The van der Waals surface area contributed by atoms with Gasteiger partial charge in [-0.2, -0.15) is 18.4 Å². The highest BCUT2D eigenvalue weighted by atomic mass is 19.4. The largest absolute Gasteiger partial charge is 0.416 e. The van der Waals surface area contributed by atoms with Crippen molar-refractivity contribution < 1.29 is 27.6 Å². The maximum atomic E-state index is 13.7. The van der Waals surface area contributed by atoms with Crippen molar-refractivity contribution in [2.24, 2.45) is 5.92 Å². The van der Waals surface area contributed by atoms with Gasteiger partial charge in [0.1, 0.15) is 6.54 Å². The number of nitriles is 1. The Morgan fingerprint density at radius 3 is 2.24 bits per heavy atom. The number of nitrogens with zero attached hydrogens (tertiary/aromatic N) is 4. The fourth-order valence-electron chi connectivity index (χ4n) is 5.07. The van der Waals surface area contributed by atoms with Gasteiger partial charge in [0.2, 0.25) is 11.8 Å². The molecule has 10 heteroatoms. The van der Waals surface area contributed by atoms with Crippen molar-refractivity contribution in [1.82, 2.24) is 14.7 Å². The van der Waals surface area contributed by atoms with Crippen LogP contribution in [0.1, 0.15) is 43.7 Å². The van der Waals surface area contributed by atoms with Gasteiger partial charge in [-0.25, -0.2) is 0 Å². The number of likely N-dealkylation sites (tertiary alicyclic amines) is 1. The van der Waals surface area contributed by atoms with Gasteiger partial charge in [0.15, 0.2) is 5.54 Å². The lowest BCUT2D eigenvalue weighted by Gasteiger charge is -2.59. The maximum Gasteiger partial charge on any atom is 0.416 e. The summed E-state index contributed by atoms with van der Waals surface area (Å²) in [5, 5.41) is 9.14. The summed E-state index contributed by atoms with van der Waals surface area (Å²) in [7, 11) is 0. The number of benzene rings is 1. The van der Waals surface area contributed by atoms with Gasteiger partial charge < -0.3 is 14.7 Å². The van der Waals surface area contributed by atoms with Crippen LogP contribution in [0.15, 0.2) is 24.3 Å². The molecule has 2 aliphatic heterocycles. The number of carbonyl (C=O) groups excluding carboxylic acids is 3. The van der Waals surface area contributed by atoms with E-state index in [2.05, 4.69) is 6.07 Å². The van der Waals surface area contributed by atoms with E-state index in [0.29, 0.717) is 31.2 Å². The standard InChI is InChI=1S/C23H25F3N4O3/c1-15(31)28-13-22(14-28)21(33)29(19-8-4-16(10-27)5-9-19)12-20(32)30(22)11-17-2-6-18(7-3-17)23(24,25)26/h2-3,6-7,16,19H,4-5,8-9,11-14H2,1H3/t16-,19+. The summed E-state index contributed by atoms with van der Waals surface area (Å²) < 4.78 is 38.7. The first-order valence-corrected chi connectivity index (χ1v) is 11.0. The van der Waals surface area contributed by atoms with Gasteiger partial charge in [0, 0.05) is 25.4 Å². The molecule has 7 nitrogen and oxygen atoms in total. The predicted octanol–water partition coefficient (Wildman–Crippen LogP) is 2.56. The van der Waals surface area contributed by atoms with Crippen molar-refractivity contribution in [2.45, 2.75) is 56.9 Å². The molecule has 3 fully saturated rings. The zero-order valence-electron chi connectivity index (χ0n) is 18.3. The van der Waals surface area contributed by atoms with Crippen molar-refractivity contribution in [1.29, 1.82) is 5.26 Å². The molecular formula is C23H25F3N4O3. The second-order valence-electron chi connectivity index (χ2n) is 9.15. The second kappa shape index (κ2) is 8.36. The third kappa shape index (κ3) is 4.16. The lowest BCUT2D eigenvalue weighted by Crippen LogP contribution is -2.81. The number of halogens is 3. The normalized spacial score (nSPS) is 25.1. The van der Waals surface area contributed by atoms with Crippen LogP contribution in [0.2, 0.25) is 0 Å². The molecule has 0 N–H and O–H groups in total. The van der Waals surface area contributed by atoms with Crippen LogP contribution in [0, 0.1) is 17.2 Å². The zero-order valence-corrected chi connectivity index (χ0v) is 18.3. The van der Waals surface area contributed by atoms with Crippen LogP contribution in [0.25, 0.3) is 0 Å². The second-order valence-corrected chi connectivity index (χ2v) is 9.15. The van der Waals surface area contributed by atoms with E-state index in [1.807, 2.05) is 0 Å². The molecule has 3 amide bonds. The molecule has 0 bridgehead atoms. The Labute approximate surface area is 189 Å². The Kier molecular flexibility index (Phi) is 5.85. The fourth-order valence-corrected chi connectivity index (χ4v) is 5.07. The number of hydrogen-bond donors (Lipinski definition) is 0. The molecule has 0 atom stereocenters. The lowest BCUT2D eigenvalue weighted by molar-refractivity contribution is -0.185. The van der Waals surface area contributed by atoms with Crippen LogP contribution in [0.4, 0.5) is 13.2 Å². The smallest absolute Gasteiger partial charge is 0.337 e. The molecule has 1 aliphatic carbocycles. The molecular weight excluding hydrogens is 437 g/mol. The van der Waals surface area contributed by atoms with Crippen LogP contribution in [0.3, 0.4) is 0 Å². The molecule has 1 saturated carbocycles. The van der Waals surface area contributed by atoms with Crippen molar-refractivity contribution in [3.63, 3.8) is 0 Å². The Balaban J connectivity index is 1.57. The van der Waals surface area contributed by atoms with Gasteiger partial charge >= 0.3 is 6.18 Å². The molecule has 33 heavy (non-hydrogen) atoms. The van der Waals surface area contributed by atoms with Crippen LogP contribution in [-0.4, -0.2) is 63.6 Å². The molecule has 0 unspecified atom stereocenters. The van der Waals surface area contributed by atoms with Crippen molar-refractivity contribution in [2.75, 3.05) is 19.6 Å². The summed E-state index contributed by atoms with van der Waals surface area (Å²) in [4.78, 5) is 43.2. The zero-order chi connectivity index (χ0) is 24.0. The average molecular weight is 462 g/mol. The molecule has 4 rings (SSSR count). The lowest BCUT2D eigenvalue weighted by atomic mass is 9.80. The van der Waals surface area contributed by atoms with E-state index in [-0.39, 0.29) is 55.9 Å². The summed E-state index contributed by atoms with van der Waals surface area (Å²) in [6.07, 6.45) is -1.84. The van der Waals surface area contributed by atoms with Crippen LogP contribution < -0.4 is 0 Å². The van der Waals surface area contributed by atoms with Gasteiger partial charge in [-0.3, -0.25) is 14.4 Å². The average Bonchev–Trinajstić information content (AvgIpc) is 2.74. The molecule has 2 saturated heterocycles. The highest BCUT2D eigenvalue weighted by Crippen LogP contribution is 2.38. The number of alkyl halides is 3. The Morgan fingerprint density at radius 1 is 1.12 bits per heavy atom. The van der Waals surface area contributed by atoms with Crippen LogP contribution >= 0.6 is 0 Å². The summed E-state index contributed by atoms with van der Waals surface area (Å²) in [5.74, 6) is -0.770.